The maximum Gasteiger partial charge on any atom is 0.247 e. The second kappa shape index (κ2) is 4.64. The number of anilines is 1. The first-order valence-electron chi connectivity index (χ1n) is 6.84. The van der Waals surface area contributed by atoms with Gasteiger partial charge in [0.05, 0.1) is 6.07 Å². The first-order valence-corrected chi connectivity index (χ1v) is 6.84. The van der Waals surface area contributed by atoms with Gasteiger partial charge in [0.2, 0.25) is 5.91 Å². The molecule has 2 aromatic rings. The van der Waals surface area contributed by atoms with Crippen LogP contribution in [0, 0.1) is 16.7 Å². The fourth-order valence-corrected chi connectivity index (χ4v) is 2.73. The summed E-state index contributed by atoms with van der Waals surface area (Å²) in [6.07, 6.45) is 2.32. The van der Waals surface area contributed by atoms with Crippen molar-refractivity contribution in [2.75, 3.05) is 11.9 Å². The fraction of sp³-hybridized carbons (Fsp3) is 0.294. The van der Waals surface area contributed by atoms with E-state index in [0.29, 0.717) is 12.8 Å². The van der Waals surface area contributed by atoms with Crippen molar-refractivity contribution in [2.45, 2.75) is 19.3 Å². The molecular formula is C17H16N2O. The average Bonchev–Trinajstić information content (AvgIpc) is 2.45. The summed E-state index contributed by atoms with van der Waals surface area (Å²) in [4.78, 5) is 14.1. The zero-order valence-electron chi connectivity index (χ0n) is 11.5. The molecule has 0 unspecified atom stereocenters. The molecule has 0 heterocycles. The zero-order valence-corrected chi connectivity index (χ0v) is 11.5. The van der Waals surface area contributed by atoms with E-state index in [0.717, 1.165) is 22.9 Å². The van der Waals surface area contributed by atoms with E-state index < -0.39 is 5.41 Å². The van der Waals surface area contributed by atoms with Gasteiger partial charge in [-0.3, -0.25) is 4.79 Å². The highest BCUT2D eigenvalue weighted by Gasteiger charge is 2.46. The lowest BCUT2D eigenvalue weighted by Crippen LogP contribution is -2.45. The first-order chi connectivity index (χ1) is 9.66. The summed E-state index contributed by atoms with van der Waals surface area (Å²) in [5.41, 5.74) is 0.0515. The molecule has 1 fully saturated rings. The lowest BCUT2D eigenvalue weighted by molar-refractivity contribution is -0.128. The van der Waals surface area contributed by atoms with Crippen LogP contribution in [0.25, 0.3) is 10.8 Å². The molecule has 100 valence electrons. The second-order valence-electron chi connectivity index (χ2n) is 5.44. The first kappa shape index (κ1) is 12.7. The zero-order chi connectivity index (χ0) is 14.2. The molecule has 1 amide bonds. The summed E-state index contributed by atoms with van der Waals surface area (Å²) in [7, 11) is 1.75. The molecule has 1 aliphatic rings. The van der Waals surface area contributed by atoms with Crippen LogP contribution in [0.15, 0.2) is 42.5 Å². The van der Waals surface area contributed by atoms with E-state index in [1.54, 1.807) is 11.9 Å². The summed E-state index contributed by atoms with van der Waals surface area (Å²) in [5, 5.41) is 11.5. The Labute approximate surface area is 118 Å². The highest BCUT2D eigenvalue weighted by Crippen LogP contribution is 2.42. The molecule has 2 aromatic carbocycles. The SMILES string of the molecule is CN(C(=O)C1(C#N)CCC1)c1ccc2ccccc2c1. The molecule has 3 rings (SSSR count). The Kier molecular flexibility index (Phi) is 2.94. The largest absolute Gasteiger partial charge is 0.314 e. The highest BCUT2D eigenvalue weighted by molar-refractivity contribution is 6.01. The van der Waals surface area contributed by atoms with Crippen molar-refractivity contribution < 1.29 is 4.79 Å². The topological polar surface area (TPSA) is 44.1 Å². The normalized spacial score (nSPS) is 16.2. The number of carbonyl (C=O) groups excluding carboxylic acids is 1. The standard InChI is InChI=1S/C17H16N2O/c1-19(16(20)17(12-18)9-4-10-17)15-8-7-13-5-2-3-6-14(13)11-15/h2-3,5-8,11H,4,9-10H2,1H3. The van der Waals surface area contributed by atoms with E-state index in [1.165, 1.54) is 0 Å². The Morgan fingerprint density at radius 2 is 1.90 bits per heavy atom. The number of benzene rings is 2. The van der Waals surface area contributed by atoms with Gasteiger partial charge in [-0.25, -0.2) is 0 Å². The van der Waals surface area contributed by atoms with Crippen LogP contribution in [0.5, 0.6) is 0 Å². The van der Waals surface area contributed by atoms with Crippen LogP contribution in [0.4, 0.5) is 5.69 Å². The summed E-state index contributed by atoms with van der Waals surface area (Å²) < 4.78 is 0. The van der Waals surface area contributed by atoms with Gasteiger partial charge in [0, 0.05) is 12.7 Å². The lowest BCUT2D eigenvalue weighted by atomic mass is 9.69. The van der Waals surface area contributed by atoms with Gasteiger partial charge in [-0.1, -0.05) is 30.3 Å². The van der Waals surface area contributed by atoms with Gasteiger partial charge in [-0.05, 0) is 42.2 Å². The molecule has 20 heavy (non-hydrogen) atoms. The molecule has 3 heteroatoms. The van der Waals surface area contributed by atoms with Crippen LogP contribution in [-0.2, 0) is 4.79 Å². The van der Waals surface area contributed by atoms with Crippen molar-refractivity contribution in [3.63, 3.8) is 0 Å². The van der Waals surface area contributed by atoms with E-state index in [2.05, 4.69) is 6.07 Å². The van der Waals surface area contributed by atoms with Crippen LogP contribution in [0.1, 0.15) is 19.3 Å². The third-order valence-corrected chi connectivity index (χ3v) is 4.26. The van der Waals surface area contributed by atoms with Gasteiger partial charge in [-0.15, -0.1) is 0 Å². The Morgan fingerprint density at radius 1 is 1.20 bits per heavy atom. The third-order valence-electron chi connectivity index (χ3n) is 4.26. The molecule has 0 radical (unpaired) electrons. The van der Waals surface area contributed by atoms with Crippen molar-refractivity contribution in [1.82, 2.24) is 0 Å². The fourth-order valence-electron chi connectivity index (χ4n) is 2.73. The van der Waals surface area contributed by atoms with Crippen LogP contribution in [-0.4, -0.2) is 13.0 Å². The predicted octanol–water partition coefficient (Wildman–Crippen LogP) is 3.50. The van der Waals surface area contributed by atoms with Crippen molar-refractivity contribution in [3.05, 3.63) is 42.5 Å². The van der Waals surface area contributed by atoms with Gasteiger partial charge < -0.3 is 4.90 Å². The van der Waals surface area contributed by atoms with E-state index in [4.69, 9.17) is 0 Å². The second-order valence-corrected chi connectivity index (χ2v) is 5.44. The van der Waals surface area contributed by atoms with E-state index >= 15 is 0 Å². The minimum Gasteiger partial charge on any atom is -0.314 e. The Hall–Kier alpha value is -2.34. The van der Waals surface area contributed by atoms with Crippen molar-refractivity contribution in [2.24, 2.45) is 5.41 Å². The van der Waals surface area contributed by atoms with Gasteiger partial charge in [0.15, 0.2) is 0 Å². The van der Waals surface area contributed by atoms with Gasteiger partial charge in [0.1, 0.15) is 5.41 Å². The molecule has 0 aromatic heterocycles. The minimum absolute atomic E-state index is 0.0819. The van der Waals surface area contributed by atoms with Crippen molar-refractivity contribution >= 4 is 22.4 Å². The van der Waals surface area contributed by atoms with Crippen LogP contribution < -0.4 is 4.90 Å². The number of hydrogen-bond donors (Lipinski definition) is 0. The maximum absolute atomic E-state index is 12.5. The maximum atomic E-state index is 12.5. The molecule has 0 saturated heterocycles. The number of carbonyl (C=O) groups is 1. The molecule has 0 spiro atoms. The Balaban J connectivity index is 1.94. The number of rotatable bonds is 2. The molecule has 0 atom stereocenters. The number of nitrogens with zero attached hydrogens (tertiary/aromatic N) is 2. The molecular weight excluding hydrogens is 248 g/mol. The Morgan fingerprint density at radius 3 is 2.50 bits per heavy atom. The van der Waals surface area contributed by atoms with Crippen LogP contribution >= 0.6 is 0 Å². The van der Waals surface area contributed by atoms with Gasteiger partial charge in [-0.2, -0.15) is 5.26 Å². The quantitative estimate of drug-likeness (QED) is 0.833. The monoisotopic (exact) mass is 264 g/mol. The number of fused-ring (bicyclic) bond motifs is 1. The molecule has 1 saturated carbocycles. The summed E-state index contributed by atoms with van der Waals surface area (Å²) in [5.74, 6) is -0.0819. The third kappa shape index (κ3) is 1.85. The van der Waals surface area contributed by atoms with Crippen LogP contribution in [0.3, 0.4) is 0 Å². The molecule has 3 nitrogen and oxygen atoms in total. The molecule has 1 aliphatic carbocycles. The van der Waals surface area contributed by atoms with Crippen molar-refractivity contribution in [3.8, 4) is 6.07 Å². The molecule has 0 bridgehead atoms. The summed E-state index contributed by atoms with van der Waals surface area (Å²) in [6, 6.07) is 16.2. The highest BCUT2D eigenvalue weighted by atomic mass is 16.2. The molecule has 0 N–H and O–H groups in total. The predicted molar refractivity (Wildman–Crippen MR) is 79.3 cm³/mol. The van der Waals surface area contributed by atoms with Crippen LogP contribution in [0.2, 0.25) is 0 Å². The number of nitriles is 1. The number of amides is 1. The van der Waals surface area contributed by atoms with E-state index in [-0.39, 0.29) is 5.91 Å². The molecule has 0 aliphatic heterocycles. The van der Waals surface area contributed by atoms with E-state index in [9.17, 15) is 10.1 Å². The van der Waals surface area contributed by atoms with Gasteiger partial charge >= 0.3 is 0 Å². The van der Waals surface area contributed by atoms with Gasteiger partial charge in [0.25, 0.3) is 0 Å². The summed E-state index contributed by atoms with van der Waals surface area (Å²) in [6.45, 7) is 0. The lowest BCUT2D eigenvalue weighted by Gasteiger charge is -2.36. The average molecular weight is 264 g/mol. The summed E-state index contributed by atoms with van der Waals surface area (Å²) >= 11 is 0. The number of hydrogen-bond acceptors (Lipinski definition) is 2. The Bertz CT molecular complexity index is 710. The minimum atomic E-state index is -0.791. The van der Waals surface area contributed by atoms with Crippen molar-refractivity contribution in [1.29, 1.82) is 5.26 Å². The van der Waals surface area contributed by atoms with E-state index in [1.807, 2.05) is 42.5 Å². The smallest absolute Gasteiger partial charge is 0.247 e.